The van der Waals surface area contributed by atoms with E-state index in [4.69, 9.17) is 4.74 Å². The number of para-hydroxylation sites is 1. The van der Waals surface area contributed by atoms with Gasteiger partial charge < -0.3 is 9.72 Å². The van der Waals surface area contributed by atoms with Crippen molar-refractivity contribution in [2.75, 3.05) is 6.61 Å². The Labute approximate surface area is 145 Å². The van der Waals surface area contributed by atoms with Gasteiger partial charge in [-0.05, 0) is 32.3 Å². The maximum absolute atomic E-state index is 12.7. The topological polar surface area (TPSA) is 59.2 Å². The first kappa shape index (κ1) is 15.8. The maximum Gasteiger partial charge on any atom is 0.313 e. The Kier molecular flexibility index (Phi) is 3.91. The number of thioether (sulfide) groups is 1. The van der Waals surface area contributed by atoms with Gasteiger partial charge in [-0.2, -0.15) is 0 Å². The summed E-state index contributed by atoms with van der Waals surface area (Å²) in [7, 11) is 0. The van der Waals surface area contributed by atoms with E-state index in [1.807, 2.05) is 25.1 Å². The lowest BCUT2D eigenvalue weighted by atomic mass is 9.78. The minimum Gasteiger partial charge on any atom is -0.466 e. The first-order chi connectivity index (χ1) is 11.6. The summed E-state index contributed by atoms with van der Waals surface area (Å²) in [5.74, 6) is -0.139. The Morgan fingerprint density at radius 1 is 1.42 bits per heavy atom. The molecule has 0 radical (unpaired) electrons. The van der Waals surface area contributed by atoms with E-state index in [-0.39, 0.29) is 16.6 Å². The fourth-order valence-electron chi connectivity index (χ4n) is 4.15. The zero-order chi connectivity index (χ0) is 16.7. The number of carbonyl (C=O) groups is 2. The van der Waals surface area contributed by atoms with Crippen molar-refractivity contribution in [3.05, 3.63) is 29.8 Å². The number of carbonyl (C=O) groups excluding carboxylic acids is 2. The number of hydrogen-bond acceptors (Lipinski definition) is 4. The second-order valence-electron chi connectivity index (χ2n) is 6.78. The van der Waals surface area contributed by atoms with E-state index in [0.717, 1.165) is 34.3 Å². The number of nitrogens with one attached hydrogen (secondary N) is 1. The summed E-state index contributed by atoms with van der Waals surface area (Å²) in [4.78, 5) is 28.2. The number of H-pyrrole nitrogens is 1. The number of hydrogen-bond donors (Lipinski definition) is 1. The van der Waals surface area contributed by atoms with Gasteiger partial charge in [-0.1, -0.05) is 18.2 Å². The van der Waals surface area contributed by atoms with Crippen LogP contribution in [0.3, 0.4) is 0 Å². The van der Waals surface area contributed by atoms with Gasteiger partial charge in [-0.25, -0.2) is 0 Å². The van der Waals surface area contributed by atoms with Crippen molar-refractivity contribution in [1.29, 1.82) is 0 Å². The average Bonchev–Trinajstić information content (AvgIpc) is 2.91. The van der Waals surface area contributed by atoms with Gasteiger partial charge >= 0.3 is 5.97 Å². The third-order valence-corrected chi connectivity index (χ3v) is 6.61. The van der Waals surface area contributed by atoms with Crippen molar-refractivity contribution in [2.45, 2.75) is 54.7 Å². The molecule has 1 aromatic carbocycles. The summed E-state index contributed by atoms with van der Waals surface area (Å²) >= 11 is 1.76. The van der Waals surface area contributed by atoms with Crippen molar-refractivity contribution < 1.29 is 14.3 Å². The molecule has 2 heterocycles. The first-order valence-corrected chi connectivity index (χ1v) is 9.41. The van der Waals surface area contributed by atoms with E-state index in [0.29, 0.717) is 31.7 Å². The molecule has 2 aliphatic rings. The Balaban J connectivity index is 1.82. The molecular formula is C19H21NO3S. The summed E-state index contributed by atoms with van der Waals surface area (Å²) in [5, 5.41) is 2.13. The van der Waals surface area contributed by atoms with Gasteiger partial charge in [0.25, 0.3) is 0 Å². The number of aromatic amines is 1. The van der Waals surface area contributed by atoms with Crippen LogP contribution >= 0.6 is 11.8 Å². The predicted octanol–water partition coefficient (Wildman–Crippen LogP) is 4.19. The van der Waals surface area contributed by atoms with Crippen LogP contribution in [0.1, 0.15) is 50.5 Å². The van der Waals surface area contributed by atoms with Gasteiger partial charge in [0.2, 0.25) is 0 Å². The van der Waals surface area contributed by atoms with Gasteiger partial charge in [0.15, 0.2) is 0 Å². The van der Waals surface area contributed by atoms with Crippen LogP contribution in [0.4, 0.5) is 0 Å². The van der Waals surface area contributed by atoms with Gasteiger partial charge in [0.05, 0.1) is 17.6 Å². The fourth-order valence-corrected chi connectivity index (χ4v) is 5.83. The number of ether oxygens (including phenoxy) is 1. The maximum atomic E-state index is 12.7. The van der Waals surface area contributed by atoms with Crippen molar-refractivity contribution in [3.8, 4) is 0 Å². The van der Waals surface area contributed by atoms with Crippen LogP contribution in [-0.2, 0) is 14.3 Å². The van der Waals surface area contributed by atoms with E-state index in [1.165, 1.54) is 0 Å². The molecule has 4 nitrogen and oxygen atoms in total. The Hall–Kier alpha value is -1.75. The SMILES string of the molecule is CCOC(=O)[C@H]1C[C@@]2(CCCC(=O)C2)Sc2[nH]c3ccccc3c21. The molecule has 2 atom stereocenters. The fraction of sp³-hybridized carbons (Fsp3) is 0.474. The highest BCUT2D eigenvalue weighted by molar-refractivity contribution is 8.00. The van der Waals surface area contributed by atoms with Crippen molar-refractivity contribution >= 4 is 34.4 Å². The molecule has 0 amide bonds. The van der Waals surface area contributed by atoms with Crippen LogP contribution in [-0.4, -0.2) is 28.1 Å². The molecule has 0 saturated heterocycles. The number of benzene rings is 1. The highest BCUT2D eigenvalue weighted by Crippen LogP contribution is 2.55. The number of fused-ring (bicyclic) bond motifs is 3. The van der Waals surface area contributed by atoms with Crippen LogP contribution in [0.15, 0.2) is 29.3 Å². The van der Waals surface area contributed by atoms with Crippen molar-refractivity contribution in [2.24, 2.45) is 0 Å². The van der Waals surface area contributed by atoms with Crippen LogP contribution < -0.4 is 0 Å². The minimum absolute atomic E-state index is 0.166. The van der Waals surface area contributed by atoms with E-state index in [2.05, 4.69) is 11.1 Å². The molecule has 1 fully saturated rings. The highest BCUT2D eigenvalue weighted by Gasteiger charge is 2.47. The summed E-state index contributed by atoms with van der Waals surface area (Å²) < 4.78 is 5.20. The number of esters is 1. The molecule has 1 N–H and O–H groups in total. The summed E-state index contributed by atoms with van der Waals surface area (Å²) in [5.41, 5.74) is 2.10. The molecule has 0 unspecified atom stereocenters. The van der Waals surface area contributed by atoms with Gasteiger partial charge in [0, 0.05) is 34.1 Å². The number of Topliss-reactive ketones (excluding diaryl/α,β-unsaturated/α-hetero) is 1. The zero-order valence-electron chi connectivity index (χ0n) is 13.8. The quantitative estimate of drug-likeness (QED) is 0.831. The lowest BCUT2D eigenvalue weighted by molar-refractivity contribution is -0.145. The number of ketones is 1. The molecule has 0 bridgehead atoms. The second-order valence-corrected chi connectivity index (χ2v) is 8.25. The zero-order valence-corrected chi connectivity index (χ0v) is 14.6. The van der Waals surface area contributed by atoms with Crippen molar-refractivity contribution in [3.63, 3.8) is 0 Å². The van der Waals surface area contributed by atoms with Gasteiger partial charge in [-0.15, -0.1) is 11.8 Å². The molecule has 5 heteroatoms. The molecule has 1 aliphatic carbocycles. The molecule has 4 rings (SSSR count). The Bertz CT molecular complexity index is 812. The lowest BCUT2D eigenvalue weighted by Gasteiger charge is -2.41. The molecule has 1 spiro atoms. The predicted molar refractivity (Wildman–Crippen MR) is 94.4 cm³/mol. The Morgan fingerprint density at radius 3 is 3.04 bits per heavy atom. The molecule has 24 heavy (non-hydrogen) atoms. The van der Waals surface area contributed by atoms with Crippen LogP contribution in [0.5, 0.6) is 0 Å². The monoisotopic (exact) mass is 343 g/mol. The molecule has 1 aromatic heterocycles. The molecule has 1 aliphatic heterocycles. The number of rotatable bonds is 2. The summed E-state index contributed by atoms with van der Waals surface area (Å²) in [6.07, 6.45) is 3.82. The highest BCUT2D eigenvalue weighted by atomic mass is 32.2. The lowest BCUT2D eigenvalue weighted by Crippen LogP contribution is -2.38. The van der Waals surface area contributed by atoms with E-state index < -0.39 is 0 Å². The average molecular weight is 343 g/mol. The van der Waals surface area contributed by atoms with Crippen LogP contribution in [0.25, 0.3) is 10.9 Å². The molecule has 126 valence electrons. The van der Waals surface area contributed by atoms with E-state index in [1.54, 1.807) is 11.8 Å². The normalized spacial score (nSPS) is 26.5. The molecule has 1 saturated carbocycles. The minimum atomic E-state index is -0.289. The summed E-state index contributed by atoms with van der Waals surface area (Å²) in [6, 6.07) is 8.09. The van der Waals surface area contributed by atoms with Gasteiger partial charge in [-0.3, -0.25) is 9.59 Å². The third-order valence-electron chi connectivity index (χ3n) is 5.13. The van der Waals surface area contributed by atoms with E-state index in [9.17, 15) is 9.59 Å². The first-order valence-electron chi connectivity index (χ1n) is 8.60. The van der Waals surface area contributed by atoms with Crippen LogP contribution in [0.2, 0.25) is 0 Å². The third kappa shape index (κ3) is 2.55. The van der Waals surface area contributed by atoms with E-state index >= 15 is 0 Å². The van der Waals surface area contributed by atoms with Crippen molar-refractivity contribution in [1.82, 2.24) is 4.98 Å². The van der Waals surface area contributed by atoms with Gasteiger partial charge in [0.1, 0.15) is 5.78 Å². The van der Waals surface area contributed by atoms with Crippen LogP contribution in [0, 0.1) is 0 Å². The largest absolute Gasteiger partial charge is 0.466 e. The standard InChI is InChI=1S/C19H21NO3S/c1-2-23-18(22)14-11-19(9-5-6-12(21)10-19)24-17-16(14)13-7-3-4-8-15(13)20-17/h3-4,7-8,14,20H,2,5-6,9-11H2,1H3/t14-,19-/m0/s1. The second kappa shape index (κ2) is 5.96. The number of aromatic nitrogens is 1. The Morgan fingerprint density at radius 2 is 2.25 bits per heavy atom. The molecular weight excluding hydrogens is 322 g/mol. The smallest absolute Gasteiger partial charge is 0.313 e. The molecule has 2 aromatic rings. The summed E-state index contributed by atoms with van der Waals surface area (Å²) in [6.45, 7) is 2.22.